The molecule has 15 heavy (non-hydrogen) atoms. The normalized spacial score (nSPS) is 13.1. The summed E-state index contributed by atoms with van der Waals surface area (Å²) in [5, 5.41) is 0. The van der Waals surface area contributed by atoms with Gasteiger partial charge in [0.05, 0.1) is 0 Å². The van der Waals surface area contributed by atoms with Crippen molar-refractivity contribution in [2.24, 2.45) is 0 Å². The van der Waals surface area contributed by atoms with Crippen LogP contribution >= 0.6 is 0 Å². The predicted molar refractivity (Wildman–Crippen MR) is 62.6 cm³/mol. The lowest BCUT2D eigenvalue weighted by atomic mass is 10.2. The van der Waals surface area contributed by atoms with Crippen molar-refractivity contribution in [3.8, 4) is 0 Å². The molecule has 86 valence electrons. The monoisotopic (exact) mass is 211 g/mol. The molecule has 0 aromatic rings. The molecule has 0 aromatic heterocycles. The highest BCUT2D eigenvalue weighted by Gasteiger charge is 2.19. The highest BCUT2D eigenvalue weighted by Crippen LogP contribution is 2.11. The molecule has 0 bridgehead atoms. The quantitative estimate of drug-likeness (QED) is 0.656. The van der Waals surface area contributed by atoms with Gasteiger partial charge >= 0.3 is 6.09 Å². The molecule has 0 aromatic carbocycles. The van der Waals surface area contributed by atoms with Gasteiger partial charge in [0, 0.05) is 12.7 Å². The van der Waals surface area contributed by atoms with E-state index in [1.54, 1.807) is 7.05 Å². The number of hydrogen-bond donors (Lipinski definition) is 0. The summed E-state index contributed by atoms with van der Waals surface area (Å²) in [7, 11) is 1.70. The van der Waals surface area contributed by atoms with Gasteiger partial charge < -0.3 is 4.74 Å². The maximum atomic E-state index is 11.6. The molecule has 0 radical (unpaired) electrons. The van der Waals surface area contributed by atoms with Crippen molar-refractivity contribution >= 4 is 6.09 Å². The van der Waals surface area contributed by atoms with Gasteiger partial charge in [0.25, 0.3) is 0 Å². The number of allylic oxidation sites excluding steroid dienone is 4. The SMILES string of the molecule is C/C=C\C=C(/C)N(C)C(=O)OC(C)(C)C. The molecule has 0 aliphatic carbocycles. The van der Waals surface area contributed by atoms with Crippen LogP contribution in [0.3, 0.4) is 0 Å². The first kappa shape index (κ1) is 13.8. The van der Waals surface area contributed by atoms with Crippen molar-refractivity contribution in [2.45, 2.75) is 40.2 Å². The van der Waals surface area contributed by atoms with Gasteiger partial charge in [-0.15, -0.1) is 0 Å². The summed E-state index contributed by atoms with van der Waals surface area (Å²) in [5.74, 6) is 0. The van der Waals surface area contributed by atoms with E-state index >= 15 is 0 Å². The molecule has 0 heterocycles. The van der Waals surface area contributed by atoms with Crippen molar-refractivity contribution < 1.29 is 9.53 Å². The second-order valence-corrected chi connectivity index (χ2v) is 4.37. The van der Waals surface area contributed by atoms with Crippen molar-refractivity contribution in [1.29, 1.82) is 0 Å². The Morgan fingerprint density at radius 1 is 1.33 bits per heavy atom. The summed E-state index contributed by atoms with van der Waals surface area (Å²) < 4.78 is 5.22. The Morgan fingerprint density at radius 2 is 1.87 bits per heavy atom. The van der Waals surface area contributed by atoms with Crippen LogP contribution in [0.5, 0.6) is 0 Å². The Labute approximate surface area is 92.4 Å². The molecule has 0 aliphatic heterocycles. The van der Waals surface area contributed by atoms with Crippen molar-refractivity contribution in [1.82, 2.24) is 4.90 Å². The van der Waals surface area contributed by atoms with Crippen LogP contribution in [0, 0.1) is 0 Å². The van der Waals surface area contributed by atoms with Gasteiger partial charge in [-0.25, -0.2) is 4.79 Å². The van der Waals surface area contributed by atoms with Crippen LogP contribution in [-0.4, -0.2) is 23.6 Å². The minimum Gasteiger partial charge on any atom is -0.443 e. The molecule has 0 saturated heterocycles. The third-order valence-electron chi connectivity index (χ3n) is 1.73. The molecule has 0 aliphatic rings. The fourth-order valence-corrected chi connectivity index (χ4v) is 0.822. The predicted octanol–water partition coefficient (Wildman–Crippen LogP) is 3.33. The van der Waals surface area contributed by atoms with Crippen LogP contribution in [0.4, 0.5) is 4.79 Å². The Balaban J connectivity index is 4.45. The van der Waals surface area contributed by atoms with E-state index in [9.17, 15) is 4.79 Å². The molecule has 0 N–H and O–H groups in total. The second kappa shape index (κ2) is 5.59. The van der Waals surface area contributed by atoms with E-state index in [0.29, 0.717) is 0 Å². The minimum absolute atomic E-state index is 0.333. The Morgan fingerprint density at radius 3 is 2.27 bits per heavy atom. The average Bonchev–Trinajstić information content (AvgIpc) is 2.10. The van der Waals surface area contributed by atoms with Crippen molar-refractivity contribution in [3.63, 3.8) is 0 Å². The molecule has 3 nitrogen and oxygen atoms in total. The lowest BCUT2D eigenvalue weighted by molar-refractivity contribution is 0.0354. The first-order valence-electron chi connectivity index (χ1n) is 5.04. The van der Waals surface area contributed by atoms with Crippen LogP contribution in [0.2, 0.25) is 0 Å². The van der Waals surface area contributed by atoms with E-state index < -0.39 is 5.60 Å². The standard InChI is InChI=1S/C12H21NO2/c1-7-8-9-10(2)13(6)11(14)15-12(3,4)5/h7-9H,1-6H3/b8-7-,10-9+. The van der Waals surface area contributed by atoms with Gasteiger partial charge in [-0.1, -0.05) is 12.2 Å². The number of rotatable bonds is 2. The fourth-order valence-electron chi connectivity index (χ4n) is 0.822. The van der Waals surface area contributed by atoms with Crippen molar-refractivity contribution in [2.75, 3.05) is 7.05 Å². The van der Waals surface area contributed by atoms with E-state index in [1.807, 2.05) is 52.8 Å². The number of amides is 1. The zero-order valence-corrected chi connectivity index (χ0v) is 10.5. The summed E-state index contributed by atoms with van der Waals surface area (Å²) in [6.45, 7) is 9.35. The van der Waals surface area contributed by atoms with Gasteiger partial charge in [-0.05, 0) is 40.7 Å². The average molecular weight is 211 g/mol. The summed E-state index contributed by atoms with van der Waals surface area (Å²) in [6.07, 6.45) is 5.33. The molecule has 1 amide bonds. The first-order valence-corrected chi connectivity index (χ1v) is 5.04. The minimum atomic E-state index is -0.452. The number of nitrogens with zero attached hydrogens (tertiary/aromatic N) is 1. The van der Waals surface area contributed by atoms with E-state index in [2.05, 4.69) is 0 Å². The number of carbonyl (C=O) groups excluding carboxylic acids is 1. The lowest BCUT2D eigenvalue weighted by Gasteiger charge is -2.24. The van der Waals surface area contributed by atoms with Crippen LogP contribution in [0.15, 0.2) is 23.9 Å². The second-order valence-electron chi connectivity index (χ2n) is 4.37. The maximum absolute atomic E-state index is 11.6. The molecule has 0 unspecified atom stereocenters. The lowest BCUT2D eigenvalue weighted by Crippen LogP contribution is -2.33. The molecule has 0 saturated carbocycles. The highest BCUT2D eigenvalue weighted by molar-refractivity contribution is 5.69. The Bertz CT molecular complexity index is 272. The maximum Gasteiger partial charge on any atom is 0.414 e. The smallest absolute Gasteiger partial charge is 0.414 e. The van der Waals surface area contributed by atoms with Crippen molar-refractivity contribution in [3.05, 3.63) is 23.9 Å². The third-order valence-corrected chi connectivity index (χ3v) is 1.73. The van der Waals surface area contributed by atoms with Crippen LogP contribution in [0.1, 0.15) is 34.6 Å². The van der Waals surface area contributed by atoms with E-state index in [0.717, 1.165) is 5.70 Å². The largest absolute Gasteiger partial charge is 0.443 e. The van der Waals surface area contributed by atoms with E-state index in [1.165, 1.54) is 4.90 Å². The van der Waals surface area contributed by atoms with Gasteiger partial charge in [0.2, 0.25) is 0 Å². The highest BCUT2D eigenvalue weighted by atomic mass is 16.6. The topological polar surface area (TPSA) is 29.5 Å². The van der Waals surface area contributed by atoms with Crippen LogP contribution < -0.4 is 0 Å². The molecule has 0 rings (SSSR count). The van der Waals surface area contributed by atoms with Crippen LogP contribution in [0.25, 0.3) is 0 Å². The molecule has 0 fully saturated rings. The number of hydrogen-bond acceptors (Lipinski definition) is 2. The van der Waals surface area contributed by atoms with Crippen LogP contribution in [-0.2, 0) is 4.74 Å². The summed E-state index contributed by atoms with van der Waals surface area (Å²) in [6, 6.07) is 0. The van der Waals surface area contributed by atoms with Gasteiger partial charge in [0.1, 0.15) is 5.60 Å². The Kier molecular flexibility index (Phi) is 5.12. The fraction of sp³-hybridized carbons (Fsp3) is 0.583. The molecular formula is C12H21NO2. The first-order chi connectivity index (χ1) is 6.78. The van der Waals surface area contributed by atoms with E-state index in [4.69, 9.17) is 4.74 Å². The zero-order chi connectivity index (χ0) is 12.1. The molecule has 0 spiro atoms. The summed E-state index contributed by atoms with van der Waals surface area (Å²) in [5.41, 5.74) is 0.397. The number of carbonyl (C=O) groups is 1. The molecule has 0 atom stereocenters. The van der Waals surface area contributed by atoms with Gasteiger partial charge in [-0.3, -0.25) is 4.90 Å². The third kappa shape index (κ3) is 5.94. The molecule has 3 heteroatoms. The van der Waals surface area contributed by atoms with Gasteiger partial charge in [0.15, 0.2) is 0 Å². The Hall–Kier alpha value is -1.25. The summed E-state index contributed by atoms with van der Waals surface area (Å²) in [4.78, 5) is 13.1. The van der Waals surface area contributed by atoms with E-state index in [-0.39, 0.29) is 6.09 Å². The molecular weight excluding hydrogens is 190 g/mol. The van der Waals surface area contributed by atoms with Gasteiger partial charge in [-0.2, -0.15) is 0 Å². The number of ether oxygens (including phenoxy) is 1. The zero-order valence-electron chi connectivity index (χ0n) is 10.5. The summed E-state index contributed by atoms with van der Waals surface area (Å²) >= 11 is 0.